The van der Waals surface area contributed by atoms with Crippen LogP contribution in [0.1, 0.15) is 52.4 Å². The third kappa shape index (κ3) is 7.28. The molecule has 11 heteroatoms. The van der Waals surface area contributed by atoms with Gasteiger partial charge in [0, 0.05) is 23.9 Å². The van der Waals surface area contributed by atoms with Crippen LogP contribution in [0.3, 0.4) is 0 Å². The first-order chi connectivity index (χ1) is 17.3. The molecule has 0 unspecified atom stereocenters. The highest BCUT2D eigenvalue weighted by atomic mass is 32.2. The van der Waals surface area contributed by atoms with Crippen molar-refractivity contribution in [3.05, 3.63) is 69.7 Å². The van der Waals surface area contributed by atoms with Gasteiger partial charge in [0.15, 0.2) is 17.3 Å². The van der Waals surface area contributed by atoms with Crippen molar-refractivity contribution in [3.63, 3.8) is 0 Å². The van der Waals surface area contributed by atoms with E-state index in [1.54, 1.807) is 42.5 Å². The molecule has 0 fully saturated rings. The summed E-state index contributed by atoms with van der Waals surface area (Å²) in [4.78, 5) is 30.3. The van der Waals surface area contributed by atoms with Crippen molar-refractivity contribution >= 4 is 39.6 Å². The minimum atomic E-state index is -2.74. The first-order valence-electron chi connectivity index (χ1n) is 11.3. The maximum Gasteiger partial charge on any atom is 0.222 e. The van der Waals surface area contributed by atoms with E-state index >= 15 is 0 Å². The van der Waals surface area contributed by atoms with Crippen molar-refractivity contribution in [1.82, 2.24) is 10.3 Å². The van der Waals surface area contributed by atoms with Crippen molar-refractivity contribution in [2.24, 2.45) is 0 Å². The van der Waals surface area contributed by atoms with Crippen LogP contribution >= 0.6 is 11.3 Å². The van der Waals surface area contributed by atoms with Gasteiger partial charge in [-0.15, -0.1) is 11.3 Å². The molecule has 0 aliphatic carbocycles. The van der Waals surface area contributed by atoms with Crippen LogP contribution in [0.25, 0.3) is 0 Å². The second kappa shape index (κ2) is 13.0. The lowest BCUT2D eigenvalue weighted by molar-refractivity contribution is -0.121. The summed E-state index contributed by atoms with van der Waals surface area (Å²) in [7, 11) is 0.223. The number of para-hydroxylation sites is 1. The highest BCUT2D eigenvalue weighted by Gasteiger charge is 2.21. The number of benzene rings is 2. The van der Waals surface area contributed by atoms with Gasteiger partial charge in [0.05, 0.1) is 31.5 Å². The molecule has 0 radical (unpaired) electrons. The number of thiol groups is 1. The maximum absolute atomic E-state index is 12.9. The smallest absolute Gasteiger partial charge is 0.222 e. The van der Waals surface area contributed by atoms with Crippen molar-refractivity contribution in [1.29, 1.82) is 0 Å². The van der Waals surface area contributed by atoms with E-state index in [2.05, 4.69) is 15.0 Å². The zero-order valence-corrected chi connectivity index (χ0v) is 22.0. The molecule has 0 saturated carbocycles. The van der Waals surface area contributed by atoms with E-state index in [0.29, 0.717) is 29.2 Å². The molecule has 0 saturated heterocycles. The summed E-state index contributed by atoms with van der Waals surface area (Å²) >= 11 is 1.47. The van der Waals surface area contributed by atoms with Gasteiger partial charge in [0.2, 0.25) is 16.8 Å². The van der Waals surface area contributed by atoms with E-state index in [1.165, 1.54) is 25.6 Å². The van der Waals surface area contributed by atoms with Crippen LogP contribution in [0.4, 0.5) is 5.69 Å². The number of nitrogens with zero attached hydrogens (tertiary/aromatic N) is 1. The van der Waals surface area contributed by atoms with Crippen LogP contribution in [0.5, 0.6) is 11.5 Å². The second-order valence-corrected chi connectivity index (χ2v) is 9.51. The molecule has 0 bridgehead atoms. The number of aromatic nitrogens is 1. The second-order valence-electron chi connectivity index (χ2n) is 7.88. The highest BCUT2D eigenvalue weighted by Crippen LogP contribution is 2.31. The number of Topliss-reactive ketones (excluding diaryl/α,β-unsaturated/α-hetero) is 1. The third-order valence-corrected chi connectivity index (χ3v) is 6.91. The molecule has 3 aromatic rings. The standard InChI is InChI=1S/C25H29N3O6S2/c1-4-17-15-35-25(26-17)20(14-16-8-10-18(11-9-16)28-36(31)32)27-23(30)13-12-21(29)19-6-5-7-22(33-2)24(19)34-3/h5-11,15,20,36H,4,12-14H2,1-3H3,(H,27,30)(H,28,31,32)/t20-/m0/s1. The molecule has 0 aliphatic heterocycles. The van der Waals surface area contributed by atoms with Gasteiger partial charge >= 0.3 is 0 Å². The summed E-state index contributed by atoms with van der Waals surface area (Å²) in [6, 6.07) is 11.6. The Morgan fingerprint density at radius 3 is 2.42 bits per heavy atom. The lowest BCUT2D eigenvalue weighted by Gasteiger charge is -2.17. The molecule has 9 nitrogen and oxygen atoms in total. The Labute approximate surface area is 215 Å². The van der Waals surface area contributed by atoms with E-state index in [4.69, 9.17) is 9.47 Å². The summed E-state index contributed by atoms with van der Waals surface area (Å²) in [5.41, 5.74) is 2.66. The Hall–Kier alpha value is -3.44. The predicted octanol–water partition coefficient (Wildman–Crippen LogP) is 3.72. The normalized spacial score (nSPS) is 11.7. The van der Waals surface area contributed by atoms with Crippen LogP contribution in [-0.2, 0) is 28.5 Å². The molecule has 2 aromatic carbocycles. The Morgan fingerprint density at radius 2 is 1.81 bits per heavy atom. The largest absolute Gasteiger partial charge is 0.493 e. The lowest BCUT2D eigenvalue weighted by atomic mass is 10.0. The summed E-state index contributed by atoms with van der Waals surface area (Å²) < 4.78 is 34.7. The number of ketones is 1. The summed E-state index contributed by atoms with van der Waals surface area (Å²) in [5.74, 6) is 0.300. The van der Waals surface area contributed by atoms with Gasteiger partial charge < -0.3 is 14.8 Å². The molecule has 0 spiro atoms. The zero-order valence-electron chi connectivity index (χ0n) is 20.3. The van der Waals surface area contributed by atoms with Crippen LogP contribution in [-0.4, -0.2) is 39.3 Å². The van der Waals surface area contributed by atoms with Crippen LogP contribution in [0.15, 0.2) is 47.8 Å². The molecule has 1 atom stereocenters. The van der Waals surface area contributed by atoms with Gasteiger partial charge in [-0.2, -0.15) is 0 Å². The SMILES string of the molecule is CCc1csc([C@H](Cc2ccc(N[SH](=O)=O)cc2)NC(=O)CCC(=O)c2cccc(OC)c2OC)n1. The number of hydrogen-bond donors (Lipinski definition) is 3. The van der Waals surface area contributed by atoms with Gasteiger partial charge in [0.1, 0.15) is 5.01 Å². The minimum Gasteiger partial charge on any atom is -0.493 e. The first-order valence-corrected chi connectivity index (χ1v) is 13.4. The van der Waals surface area contributed by atoms with Gasteiger partial charge in [-0.1, -0.05) is 25.1 Å². The van der Waals surface area contributed by atoms with Crippen molar-refractivity contribution in [2.45, 2.75) is 38.6 Å². The number of carbonyl (C=O) groups is 2. The molecule has 1 aromatic heterocycles. The fourth-order valence-electron chi connectivity index (χ4n) is 3.64. The summed E-state index contributed by atoms with van der Waals surface area (Å²) in [6.45, 7) is 2.01. The fraction of sp³-hybridized carbons (Fsp3) is 0.320. The number of nitrogens with one attached hydrogen (secondary N) is 2. The molecule has 2 N–H and O–H groups in total. The Balaban J connectivity index is 1.70. The number of aryl methyl sites for hydroxylation is 1. The number of ether oxygens (including phenoxy) is 2. The Bertz CT molecular complexity index is 1260. The number of anilines is 1. The van der Waals surface area contributed by atoms with Gasteiger partial charge in [-0.05, 0) is 42.7 Å². The molecule has 192 valence electrons. The monoisotopic (exact) mass is 531 g/mol. The number of thiazole rings is 1. The van der Waals surface area contributed by atoms with Gasteiger partial charge in [-0.25, -0.2) is 13.4 Å². The topological polar surface area (TPSA) is 124 Å². The average Bonchev–Trinajstić information content (AvgIpc) is 3.36. The molecule has 1 heterocycles. The molecule has 0 aliphatic rings. The van der Waals surface area contributed by atoms with Crippen LogP contribution < -0.4 is 19.5 Å². The number of carbonyl (C=O) groups excluding carboxylic acids is 2. The van der Waals surface area contributed by atoms with E-state index in [-0.39, 0.29) is 30.6 Å². The fourth-order valence-corrected chi connectivity index (χ4v) is 4.95. The van der Waals surface area contributed by atoms with E-state index < -0.39 is 10.9 Å². The molecular weight excluding hydrogens is 502 g/mol. The molecule has 3 rings (SSSR count). The first kappa shape index (κ1) is 27.2. The summed E-state index contributed by atoms with van der Waals surface area (Å²) in [5, 5.41) is 5.74. The van der Waals surface area contributed by atoms with E-state index in [1.807, 2.05) is 12.3 Å². The Morgan fingerprint density at radius 1 is 1.06 bits per heavy atom. The molecule has 1 amide bonds. The average molecular weight is 532 g/mol. The third-order valence-electron chi connectivity index (χ3n) is 5.46. The van der Waals surface area contributed by atoms with Gasteiger partial charge in [-0.3, -0.25) is 14.3 Å². The summed E-state index contributed by atoms with van der Waals surface area (Å²) in [6.07, 6.45) is 1.25. The van der Waals surface area contributed by atoms with E-state index in [9.17, 15) is 18.0 Å². The number of methoxy groups -OCH3 is 2. The maximum atomic E-state index is 12.9. The quantitative estimate of drug-likeness (QED) is 0.227. The van der Waals surface area contributed by atoms with Gasteiger partial charge in [0.25, 0.3) is 0 Å². The van der Waals surface area contributed by atoms with Crippen molar-refractivity contribution < 1.29 is 27.5 Å². The van der Waals surface area contributed by atoms with E-state index in [0.717, 1.165) is 22.7 Å². The lowest BCUT2D eigenvalue weighted by Crippen LogP contribution is -2.30. The number of amides is 1. The minimum absolute atomic E-state index is 0.00110. The van der Waals surface area contributed by atoms with Crippen LogP contribution in [0.2, 0.25) is 0 Å². The number of rotatable bonds is 13. The Kier molecular flexibility index (Phi) is 9.83. The predicted molar refractivity (Wildman–Crippen MR) is 140 cm³/mol. The van der Waals surface area contributed by atoms with Crippen molar-refractivity contribution in [3.8, 4) is 11.5 Å². The van der Waals surface area contributed by atoms with Crippen LogP contribution in [0, 0.1) is 0 Å². The van der Waals surface area contributed by atoms with Crippen molar-refractivity contribution in [2.75, 3.05) is 18.9 Å². The highest BCUT2D eigenvalue weighted by molar-refractivity contribution is 7.73. The molecular formula is C25H29N3O6S2. The zero-order chi connectivity index (χ0) is 26.1. The number of hydrogen-bond acceptors (Lipinski definition) is 8. The molecule has 36 heavy (non-hydrogen) atoms.